The molecule has 1 unspecified atom stereocenters. The van der Waals surface area contributed by atoms with Crippen molar-refractivity contribution >= 4 is 11.6 Å². The molecule has 112 valence electrons. The molecule has 1 atom stereocenters. The van der Waals surface area contributed by atoms with Crippen molar-refractivity contribution in [3.05, 3.63) is 22.7 Å². The van der Waals surface area contributed by atoms with Crippen LogP contribution in [0.1, 0.15) is 18.4 Å². The Bertz CT molecular complexity index is 433. The van der Waals surface area contributed by atoms with E-state index in [1.165, 1.54) is 6.42 Å². The summed E-state index contributed by atoms with van der Waals surface area (Å²) in [5.74, 6) is 1.96. The fourth-order valence-corrected chi connectivity index (χ4v) is 2.73. The van der Waals surface area contributed by atoms with Crippen molar-refractivity contribution < 1.29 is 14.2 Å². The predicted molar refractivity (Wildman–Crippen MR) is 79.8 cm³/mol. The van der Waals surface area contributed by atoms with Crippen molar-refractivity contribution in [3.8, 4) is 11.5 Å². The number of rotatable bonds is 7. The van der Waals surface area contributed by atoms with Crippen LogP contribution in [0, 0.1) is 5.92 Å². The van der Waals surface area contributed by atoms with E-state index in [4.69, 9.17) is 25.8 Å². The zero-order valence-corrected chi connectivity index (χ0v) is 12.8. The van der Waals surface area contributed by atoms with Gasteiger partial charge in [0.2, 0.25) is 0 Å². The lowest BCUT2D eigenvalue weighted by Gasteiger charge is -2.13. The Kier molecular flexibility index (Phi) is 5.95. The van der Waals surface area contributed by atoms with E-state index in [2.05, 4.69) is 5.32 Å². The quantitative estimate of drug-likeness (QED) is 0.786. The number of halogens is 1. The van der Waals surface area contributed by atoms with Gasteiger partial charge in [-0.25, -0.2) is 0 Å². The molecule has 0 bridgehead atoms. The van der Waals surface area contributed by atoms with Crippen molar-refractivity contribution in [2.75, 3.05) is 34.0 Å². The van der Waals surface area contributed by atoms with Crippen LogP contribution in [0.2, 0.25) is 5.02 Å². The van der Waals surface area contributed by atoms with Crippen molar-refractivity contribution in [2.24, 2.45) is 5.92 Å². The first-order chi connectivity index (χ1) is 9.74. The van der Waals surface area contributed by atoms with Gasteiger partial charge in [-0.3, -0.25) is 0 Å². The van der Waals surface area contributed by atoms with Gasteiger partial charge in [0, 0.05) is 19.8 Å². The van der Waals surface area contributed by atoms with Crippen molar-refractivity contribution in [1.29, 1.82) is 0 Å². The normalized spacial score (nSPS) is 18.2. The second-order valence-corrected chi connectivity index (χ2v) is 5.42. The smallest absolute Gasteiger partial charge is 0.179 e. The molecule has 0 spiro atoms. The number of methoxy groups -OCH3 is 2. The van der Waals surface area contributed by atoms with Gasteiger partial charge < -0.3 is 19.5 Å². The highest BCUT2D eigenvalue weighted by Gasteiger charge is 2.15. The molecule has 1 N–H and O–H groups in total. The highest BCUT2D eigenvalue weighted by atomic mass is 35.5. The van der Waals surface area contributed by atoms with Crippen LogP contribution in [0.4, 0.5) is 0 Å². The largest absolute Gasteiger partial charge is 0.493 e. The SMILES string of the molecule is COc1cc(CNCCC2CCOC2)cc(Cl)c1OC. The summed E-state index contributed by atoms with van der Waals surface area (Å²) in [6.07, 6.45) is 2.34. The van der Waals surface area contributed by atoms with E-state index >= 15 is 0 Å². The number of hydrogen-bond donors (Lipinski definition) is 1. The molecule has 0 saturated carbocycles. The fourth-order valence-electron chi connectivity index (χ4n) is 2.42. The van der Waals surface area contributed by atoms with E-state index < -0.39 is 0 Å². The first kappa shape index (κ1) is 15.4. The van der Waals surface area contributed by atoms with Gasteiger partial charge in [0.05, 0.1) is 19.2 Å². The van der Waals surface area contributed by atoms with Crippen LogP contribution < -0.4 is 14.8 Å². The maximum absolute atomic E-state index is 6.18. The molecule has 1 aliphatic heterocycles. The van der Waals surface area contributed by atoms with Crippen molar-refractivity contribution in [2.45, 2.75) is 19.4 Å². The molecule has 1 saturated heterocycles. The molecule has 0 aliphatic carbocycles. The van der Waals surface area contributed by atoms with Crippen LogP contribution in [0.5, 0.6) is 11.5 Å². The molecule has 1 aromatic carbocycles. The standard InChI is InChI=1S/C15H22ClNO3/c1-18-14-8-12(7-13(16)15(14)19-2)9-17-5-3-11-4-6-20-10-11/h7-8,11,17H,3-6,9-10H2,1-2H3. The first-order valence-corrected chi connectivity index (χ1v) is 7.31. The van der Waals surface area contributed by atoms with Crippen molar-refractivity contribution in [3.63, 3.8) is 0 Å². The monoisotopic (exact) mass is 299 g/mol. The average molecular weight is 300 g/mol. The summed E-state index contributed by atoms with van der Waals surface area (Å²) < 4.78 is 15.9. The second kappa shape index (κ2) is 7.72. The minimum Gasteiger partial charge on any atom is -0.493 e. The molecule has 0 aromatic heterocycles. The lowest BCUT2D eigenvalue weighted by atomic mass is 10.1. The summed E-state index contributed by atoms with van der Waals surface area (Å²) in [7, 11) is 3.21. The van der Waals surface area contributed by atoms with Crippen LogP contribution in [-0.4, -0.2) is 34.0 Å². The molecular weight excluding hydrogens is 278 g/mol. The van der Waals surface area contributed by atoms with Crippen LogP contribution in [0.3, 0.4) is 0 Å². The Labute approximate surface area is 125 Å². The van der Waals surface area contributed by atoms with Gasteiger partial charge in [0.1, 0.15) is 0 Å². The summed E-state index contributed by atoms with van der Waals surface area (Å²) in [4.78, 5) is 0. The third-order valence-electron chi connectivity index (χ3n) is 3.58. The Hall–Kier alpha value is -0.970. The molecule has 20 heavy (non-hydrogen) atoms. The molecule has 1 aliphatic rings. The van der Waals surface area contributed by atoms with Gasteiger partial charge in [-0.1, -0.05) is 11.6 Å². The Morgan fingerprint density at radius 1 is 1.35 bits per heavy atom. The van der Waals surface area contributed by atoms with Gasteiger partial charge in [-0.15, -0.1) is 0 Å². The van der Waals surface area contributed by atoms with Crippen LogP contribution in [0.15, 0.2) is 12.1 Å². The van der Waals surface area contributed by atoms with Gasteiger partial charge in [-0.2, -0.15) is 0 Å². The average Bonchev–Trinajstić information content (AvgIpc) is 2.96. The fraction of sp³-hybridized carbons (Fsp3) is 0.600. The van der Waals surface area contributed by atoms with Gasteiger partial charge in [-0.05, 0) is 43.0 Å². The number of benzene rings is 1. The number of hydrogen-bond acceptors (Lipinski definition) is 4. The lowest BCUT2D eigenvalue weighted by Crippen LogP contribution is -2.18. The molecule has 0 radical (unpaired) electrons. The Morgan fingerprint density at radius 3 is 2.85 bits per heavy atom. The van der Waals surface area contributed by atoms with Crippen LogP contribution in [-0.2, 0) is 11.3 Å². The molecular formula is C15H22ClNO3. The van der Waals surface area contributed by atoms with Crippen molar-refractivity contribution in [1.82, 2.24) is 5.32 Å². The summed E-state index contributed by atoms with van der Waals surface area (Å²) in [5.41, 5.74) is 1.09. The van der Waals surface area contributed by atoms with E-state index in [0.29, 0.717) is 22.4 Å². The third kappa shape index (κ3) is 4.01. The minimum absolute atomic E-state index is 0.577. The van der Waals surface area contributed by atoms with E-state index in [1.54, 1.807) is 14.2 Å². The second-order valence-electron chi connectivity index (χ2n) is 5.01. The summed E-state index contributed by atoms with van der Waals surface area (Å²) in [6, 6.07) is 3.87. The van der Waals surface area contributed by atoms with E-state index in [1.807, 2.05) is 12.1 Å². The minimum atomic E-state index is 0.577. The Morgan fingerprint density at radius 2 is 2.20 bits per heavy atom. The lowest BCUT2D eigenvalue weighted by molar-refractivity contribution is 0.184. The summed E-state index contributed by atoms with van der Waals surface area (Å²) >= 11 is 6.18. The van der Waals surface area contributed by atoms with Gasteiger partial charge >= 0.3 is 0 Å². The molecule has 1 heterocycles. The first-order valence-electron chi connectivity index (χ1n) is 6.93. The summed E-state index contributed by atoms with van der Waals surface area (Å²) in [6.45, 7) is 3.58. The topological polar surface area (TPSA) is 39.7 Å². The molecule has 2 rings (SSSR count). The van der Waals surface area contributed by atoms with Crippen LogP contribution in [0.25, 0.3) is 0 Å². The van der Waals surface area contributed by atoms with E-state index in [0.717, 1.165) is 38.3 Å². The highest BCUT2D eigenvalue weighted by molar-refractivity contribution is 6.32. The zero-order valence-electron chi connectivity index (χ0n) is 12.1. The molecule has 4 nitrogen and oxygen atoms in total. The number of nitrogens with one attached hydrogen (secondary N) is 1. The third-order valence-corrected chi connectivity index (χ3v) is 3.86. The summed E-state index contributed by atoms with van der Waals surface area (Å²) in [5, 5.41) is 4.01. The Balaban J connectivity index is 1.84. The van der Waals surface area contributed by atoms with E-state index in [9.17, 15) is 0 Å². The maximum atomic E-state index is 6.18. The highest BCUT2D eigenvalue weighted by Crippen LogP contribution is 2.35. The predicted octanol–water partition coefficient (Wildman–Crippen LogP) is 2.87. The molecule has 5 heteroatoms. The van der Waals surface area contributed by atoms with Gasteiger partial charge in [0.25, 0.3) is 0 Å². The van der Waals surface area contributed by atoms with E-state index in [-0.39, 0.29) is 0 Å². The number of ether oxygens (including phenoxy) is 3. The molecule has 1 fully saturated rings. The molecule has 1 aromatic rings. The molecule has 0 amide bonds. The van der Waals surface area contributed by atoms with Crippen LogP contribution >= 0.6 is 11.6 Å². The van der Waals surface area contributed by atoms with Gasteiger partial charge in [0.15, 0.2) is 11.5 Å². The zero-order chi connectivity index (χ0) is 14.4. The maximum Gasteiger partial charge on any atom is 0.179 e.